The van der Waals surface area contributed by atoms with E-state index in [-0.39, 0.29) is 16.5 Å². The maximum atomic E-state index is 5.06. The van der Waals surface area contributed by atoms with E-state index in [9.17, 15) is 0 Å². The van der Waals surface area contributed by atoms with Gasteiger partial charge in [0.1, 0.15) is 5.71 Å². The van der Waals surface area contributed by atoms with E-state index in [1.165, 1.54) is 47.9 Å². The molecular formula is C31H42N2Ni. The van der Waals surface area contributed by atoms with Crippen LogP contribution in [0.25, 0.3) is 0 Å². The minimum Gasteiger partial charge on any atom is -0.251 e. The standard InChI is InChI=1S/C31H42N2.Ni/c1-7-9-11-12-13-14-15-17-31(33-29-21-19-25(4)27(6)23-29)30(16-10-8-2)32-28-20-18-24(3)26(5)22-28;/h18-23H,7-14,16H2,1-6H3;/b32-30+,33-31+;. The fourth-order valence-electron chi connectivity index (χ4n) is 3.57. The van der Waals surface area contributed by atoms with Gasteiger partial charge in [-0.25, -0.2) is 4.99 Å². The molecule has 3 heteroatoms. The van der Waals surface area contributed by atoms with Gasteiger partial charge in [-0.2, -0.15) is 0 Å². The van der Waals surface area contributed by atoms with Gasteiger partial charge in [0.05, 0.1) is 17.1 Å². The number of hydrogen-bond donors (Lipinski definition) is 0. The fraction of sp³-hybridized carbons (Fsp3) is 0.484. The molecule has 0 saturated heterocycles. The van der Waals surface area contributed by atoms with E-state index in [0.717, 1.165) is 54.9 Å². The van der Waals surface area contributed by atoms with Crippen LogP contribution in [0.5, 0.6) is 0 Å². The first kappa shape index (κ1) is 29.9. The van der Waals surface area contributed by atoms with E-state index in [2.05, 4.69) is 89.8 Å². The molecule has 2 nitrogen and oxygen atoms in total. The van der Waals surface area contributed by atoms with Crippen LogP contribution in [0.4, 0.5) is 11.4 Å². The van der Waals surface area contributed by atoms with Crippen molar-refractivity contribution >= 4 is 22.8 Å². The van der Waals surface area contributed by atoms with Crippen molar-refractivity contribution in [3.63, 3.8) is 0 Å². The summed E-state index contributed by atoms with van der Waals surface area (Å²) in [4.78, 5) is 10.1. The molecule has 2 rings (SSSR count). The normalized spacial score (nSPS) is 11.6. The number of benzene rings is 2. The van der Waals surface area contributed by atoms with Crippen molar-refractivity contribution in [1.82, 2.24) is 0 Å². The van der Waals surface area contributed by atoms with E-state index < -0.39 is 0 Å². The molecule has 0 N–H and O–H groups in total. The number of nitrogens with zero attached hydrogens (tertiary/aromatic N) is 2. The van der Waals surface area contributed by atoms with Crippen LogP contribution in [0.15, 0.2) is 46.4 Å². The maximum Gasteiger partial charge on any atom is 0.135 e. The first-order valence-electron chi connectivity index (χ1n) is 12.7. The van der Waals surface area contributed by atoms with Crippen molar-refractivity contribution in [1.29, 1.82) is 0 Å². The first-order valence-corrected chi connectivity index (χ1v) is 12.7. The first-order chi connectivity index (χ1) is 15.9. The van der Waals surface area contributed by atoms with Crippen molar-refractivity contribution in [3.05, 3.63) is 58.7 Å². The largest absolute Gasteiger partial charge is 0.251 e. The molecule has 0 radical (unpaired) electrons. The van der Waals surface area contributed by atoms with Crippen LogP contribution in [-0.2, 0) is 16.5 Å². The van der Waals surface area contributed by atoms with Crippen molar-refractivity contribution in [2.45, 2.75) is 99.3 Å². The Bertz CT molecular complexity index is 1020. The monoisotopic (exact) mass is 500 g/mol. The van der Waals surface area contributed by atoms with Crippen LogP contribution in [0.3, 0.4) is 0 Å². The van der Waals surface area contributed by atoms with E-state index in [4.69, 9.17) is 9.98 Å². The summed E-state index contributed by atoms with van der Waals surface area (Å²) in [6, 6.07) is 12.8. The van der Waals surface area contributed by atoms with Crippen molar-refractivity contribution < 1.29 is 16.5 Å². The molecule has 0 aliphatic heterocycles. The molecular weight excluding hydrogens is 459 g/mol. The van der Waals surface area contributed by atoms with Gasteiger partial charge in [0.2, 0.25) is 0 Å². The van der Waals surface area contributed by atoms with E-state index in [1.807, 2.05) is 0 Å². The van der Waals surface area contributed by atoms with Gasteiger partial charge >= 0.3 is 0 Å². The third kappa shape index (κ3) is 10.4. The molecule has 0 amide bonds. The van der Waals surface area contributed by atoms with Crippen LogP contribution < -0.4 is 0 Å². The van der Waals surface area contributed by atoms with Crippen LogP contribution in [0.2, 0.25) is 0 Å². The summed E-state index contributed by atoms with van der Waals surface area (Å²) in [5, 5.41) is 0. The minimum absolute atomic E-state index is 0. The summed E-state index contributed by atoms with van der Waals surface area (Å²) in [6.07, 6.45) is 10.3. The van der Waals surface area contributed by atoms with E-state index >= 15 is 0 Å². The van der Waals surface area contributed by atoms with Gasteiger partial charge in [0, 0.05) is 22.9 Å². The summed E-state index contributed by atoms with van der Waals surface area (Å²) in [5.41, 5.74) is 8.83. The molecule has 186 valence electrons. The van der Waals surface area contributed by atoms with Gasteiger partial charge in [-0.1, -0.05) is 64.0 Å². The summed E-state index contributed by atoms with van der Waals surface area (Å²) in [5.74, 6) is 6.83. The zero-order valence-electron chi connectivity index (χ0n) is 22.0. The Labute approximate surface area is 218 Å². The van der Waals surface area contributed by atoms with Gasteiger partial charge in [-0.15, -0.1) is 0 Å². The topological polar surface area (TPSA) is 24.7 Å². The average molecular weight is 501 g/mol. The molecule has 0 aliphatic rings. The SMILES string of the molecule is CCCCCCCC#CC(=N\c1ccc(C)c(C)c1)/C(CCCC)=N/c1ccc(C)c(C)c1.[Ni]. The van der Waals surface area contributed by atoms with E-state index in [1.54, 1.807) is 0 Å². The molecule has 0 aromatic heterocycles. The van der Waals surface area contributed by atoms with Gasteiger partial charge in [-0.3, -0.25) is 4.99 Å². The Morgan fingerprint density at radius 1 is 0.676 bits per heavy atom. The fourth-order valence-corrected chi connectivity index (χ4v) is 3.57. The molecule has 34 heavy (non-hydrogen) atoms. The number of unbranched alkanes of at least 4 members (excludes halogenated alkanes) is 6. The quantitative estimate of drug-likeness (QED) is 0.127. The van der Waals surface area contributed by atoms with Gasteiger partial charge in [0.25, 0.3) is 0 Å². The summed E-state index contributed by atoms with van der Waals surface area (Å²) in [6.45, 7) is 13.0. The molecule has 0 saturated carbocycles. The molecule has 0 bridgehead atoms. The Balaban J connectivity index is 0.00000578. The third-order valence-corrected chi connectivity index (χ3v) is 6.14. The van der Waals surface area contributed by atoms with Crippen LogP contribution >= 0.6 is 0 Å². The Morgan fingerprint density at radius 3 is 1.79 bits per heavy atom. The molecule has 0 fully saturated rings. The van der Waals surface area contributed by atoms with Crippen LogP contribution in [0.1, 0.15) is 93.9 Å². The van der Waals surface area contributed by atoms with Crippen molar-refractivity contribution in [3.8, 4) is 11.8 Å². The molecule has 0 atom stereocenters. The summed E-state index contributed by atoms with van der Waals surface area (Å²) < 4.78 is 0. The molecule has 0 aliphatic carbocycles. The Kier molecular flexibility index (Phi) is 14.5. The van der Waals surface area contributed by atoms with Gasteiger partial charge in [-0.05, 0) is 99.4 Å². The Morgan fingerprint density at radius 2 is 1.24 bits per heavy atom. The number of hydrogen-bond acceptors (Lipinski definition) is 2. The number of aliphatic imine (C=N–C) groups is 2. The average Bonchev–Trinajstić information content (AvgIpc) is 2.80. The Hall–Kier alpha value is -2.17. The van der Waals surface area contributed by atoms with E-state index in [0.29, 0.717) is 0 Å². The third-order valence-electron chi connectivity index (χ3n) is 6.14. The second kappa shape index (κ2) is 16.5. The second-order valence-corrected chi connectivity index (χ2v) is 9.13. The maximum absolute atomic E-state index is 5.06. The molecule has 0 spiro atoms. The minimum atomic E-state index is 0. The predicted molar refractivity (Wildman–Crippen MR) is 147 cm³/mol. The van der Waals surface area contributed by atoms with Crippen LogP contribution in [-0.4, -0.2) is 11.4 Å². The molecule has 2 aromatic rings. The van der Waals surface area contributed by atoms with Gasteiger partial charge < -0.3 is 0 Å². The van der Waals surface area contributed by atoms with Crippen molar-refractivity contribution in [2.75, 3.05) is 0 Å². The number of aryl methyl sites for hydroxylation is 4. The predicted octanol–water partition coefficient (Wildman–Crippen LogP) is 9.32. The molecule has 0 unspecified atom stereocenters. The molecule has 0 heterocycles. The zero-order valence-corrected chi connectivity index (χ0v) is 23.0. The summed E-state index contributed by atoms with van der Waals surface area (Å²) >= 11 is 0. The smallest absolute Gasteiger partial charge is 0.135 e. The second-order valence-electron chi connectivity index (χ2n) is 9.13. The van der Waals surface area contributed by atoms with Crippen molar-refractivity contribution in [2.24, 2.45) is 9.98 Å². The zero-order chi connectivity index (χ0) is 24.1. The summed E-state index contributed by atoms with van der Waals surface area (Å²) in [7, 11) is 0. The van der Waals surface area contributed by atoms with Gasteiger partial charge in [0.15, 0.2) is 0 Å². The molecule has 2 aromatic carbocycles. The van der Waals surface area contributed by atoms with Crippen LogP contribution in [0, 0.1) is 39.5 Å². The number of rotatable bonds is 11.